The second-order valence-electron chi connectivity index (χ2n) is 12.3. The molecule has 5 nitrogen and oxygen atoms in total. The zero-order chi connectivity index (χ0) is 26.2. The van der Waals surface area contributed by atoms with Crippen molar-refractivity contribution in [3.63, 3.8) is 0 Å². The predicted molar refractivity (Wildman–Crippen MR) is 146 cm³/mol. The van der Waals surface area contributed by atoms with Gasteiger partial charge in [0.1, 0.15) is 6.61 Å². The quantitative estimate of drug-likeness (QED) is 0.159. The number of hydrogen-bond acceptors (Lipinski definition) is 5. The molecule has 0 unspecified atom stereocenters. The Morgan fingerprint density at radius 3 is 1.59 bits per heavy atom. The lowest BCUT2D eigenvalue weighted by molar-refractivity contribution is -0.142. The average molecular weight is 511 g/mol. The summed E-state index contributed by atoms with van der Waals surface area (Å²) in [6.45, 7) is 26.9. The molecule has 0 spiro atoms. The van der Waals surface area contributed by atoms with Gasteiger partial charge in [0.05, 0.1) is 19.8 Å². The number of carbonyl (C=O) groups is 1. The summed E-state index contributed by atoms with van der Waals surface area (Å²) in [4.78, 5) is 10.8. The highest BCUT2D eigenvalue weighted by molar-refractivity contribution is 6.74. The van der Waals surface area contributed by atoms with E-state index in [9.17, 15) is 4.79 Å². The van der Waals surface area contributed by atoms with Crippen LogP contribution in [-0.2, 0) is 42.8 Å². The normalized spacial score (nSPS) is 13.3. The largest absolute Gasteiger partial charge is 0.463 e. The molecule has 196 valence electrons. The Bertz CT molecular complexity index is 728. The van der Waals surface area contributed by atoms with Gasteiger partial charge in [0.2, 0.25) is 0 Å². The SMILES string of the molecule is CC(=O)OCCOCCCc1cc(CO[Si](C)(C)C(C)(C)C)cc(CO[Si](C)(C)C(C)(C)C)c1. The zero-order valence-electron chi connectivity index (χ0n) is 23.7. The van der Waals surface area contributed by atoms with E-state index >= 15 is 0 Å². The number of benzene rings is 1. The molecule has 0 N–H and O–H groups in total. The van der Waals surface area contributed by atoms with Crippen LogP contribution in [0.15, 0.2) is 18.2 Å². The molecule has 0 amide bonds. The van der Waals surface area contributed by atoms with E-state index in [4.69, 9.17) is 18.3 Å². The summed E-state index contributed by atoms with van der Waals surface area (Å²) < 4.78 is 23.6. The lowest BCUT2D eigenvalue weighted by Crippen LogP contribution is -2.40. The van der Waals surface area contributed by atoms with Crippen molar-refractivity contribution in [1.82, 2.24) is 0 Å². The van der Waals surface area contributed by atoms with Crippen molar-refractivity contribution in [2.45, 2.75) is 111 Å². The number of ether oxygens (including phenoxy) is 2. The van der Waals surface area contributed by atoms with E-state index in [1.807, 2.05) is 0 Å². The zero-order valence-corrected chi connectivity index (χ0v) is 25.7. The van der Waals surface area contributed by atoms with Gasteiger partial charge in [-0.15, -0.1) is 0 Å². The fourth-order valence-electron chi connectivity index (χ4n) is 2.84. The third-order valence-corrected chi connectivity index (χ3v) is 16.2. The van der Waals surface area contributed by atoms with Crippen LogP contribution in [0.4, 0.5) is 0 Å². The highest BCUT2D eigenvalue weighted by atomic mass is 28.4. The third-order valence-electron chi connectivity index (χ3n) is 7.21. The number of hydrogen-bond donors (Lipinski definition) is 0. The van der Waals surface area contributed by atoms with Crippen LogP contribution < -0.4 is 0 Å². The van der Waals surface area contributed by atoms with Gasteiger partial charge in [0, 0.05) is 13.5 Å². The molecule has 0 atom stereocenters. The van der Waals surface area contributed by atoms with Gasteiger partial charge in [0.15, 0.2) is 16.6 Å². The summed E-state index contributed by atoms with van der Waals surface area (Å²) in [7, 11) is -3.66. The highest BCUT2D eigenvalue weighted by Crippen LogP contribution is 2.38. The van der Waals surface area contributed by atoms with Crippen molar-refractivity contribution in [3.05, 3.63) is 34.9 Å². The fraction of sp³-hybridized carbons (Fsp3) is 0.741. The number of esters is 1. The van der Waals surface area contributed by atoms with E-state index in [2.05, 4.69) is 85.9 Å². The predicted octanol–water partition coefficient (Wildman–Crippen LogP) is 7.24. The molecule has 0 aliphatic rings. The minimum absolute atomic E-state index is 0.183. The first kappa shape index (κ1) is 31.0. The first-order chi connectivity index (χ1) is 15.4. The standard InChI is InChI=1S/C27H50O5Si2/c1-22(28)30-16-15-29-14-12-13-23-17-24(20-31-33(8,9)26(2,3)4)19-25(18-23)21-32-34(10,11)27(5,6)7/h17-19H,12-16,20-21H2,1-11H3. The molecule has 0 heterocycles. The molecule has 0 aromatic heterocycles. The van der Waals surface area contributed by atoms with E-state index in [0.29, 0.717) is 33.0 Å². The van der Waals surface area contributed by atoms with E-state index in [1.165, 1.54) is 23.6 Å². The summed E-state index contributed by atoms with van der Waals surface area (Å²) in [6.07, 6.45) is 1.84. The van der Waals surface area contributed by atoms with E-state index in [0.717, 1.165) is 12.8 Å². The molecular weight excluding hydrogens is 460 g/mol. The number of carbonyl (C=O) groups excluding carboxylic acids is 1. The van der Waals surface area contributed by atoms with Crippen molar-refractivity contribution in [2.75, 3.05) is 19.8 Å². The molecule has 0 saturated carbocycles. The molecule has 0 aliphatic carbocycles. The summed E-state index contributed by atoms with van der Waals surface area (Å²) in [6, 6.07) is 6.78. The minimum Gasteiger partial charge on any atom is -0.463 e. The Morgan fingerprint density at radius 1 is 0.735 bits per heavy atom. The van der Waals surface area contributed by atoms with Crippen LogP contribution in [0.1, 0.15) is 71.6 Å². The van der Waals surface area contributed by atoms with Crippen LogP contribution >= 0.6 is 0 Å². The summed E-state index contributed by atoms with van der Waals surface area (Å²) >= 11 is 0. The molecule has 7 heteroatoms. The third kappa shape index (κ3) is 10.7. The van der Waals surface area contributed by atoms with Gasteiger partial charge in [-0.25, -0.2) is 0 Å². The van der Waals surface area contributed by atoms with Crippen LogP contribution in [0.25, 0.3) is 0 Å². The van der Waals surface area contributed by atoms with Gasteiger partial charge in [-0.2, -0.15) is 0 Å². The van der Waals surface area contributed by atoms with Gasteiger partial charge < -0.3 is 18.3 Å². The maximum Gasteiger partial charge on any atom is 0.302 e. The minimum atomic E-state index is -1.83. The first-order valence-electron chi connectivity index (χ1n) is 12.6. The molecule has 0 saturated heterocycles. The first-order valence-corrected chi connectivity index (χ1v) is 18.4. The van der Waals surface area contributed by atoms with Gasteiger partial charge in [-0.3, -0.25) is 4.79 Å². The van der Waals surface area contributed by atoms with Crippen molar-refractivity contribution in [2.24, 2.45) is 0 Å². The van der Waals surface area contributed by atoms with E-state index < -0.39 is 16.6 Å². The molecule has 0 radical (unpaired) electrons. The smallest absolute Gasteiger partial charge is 0.302 e. The Kier molecular flexibility index (Phi) is 11.7. The second kappa shape index (κ2) is 12.8. The molecule has 1 aromatic rings. The van der Waals surface area contributed by atoms with Gasteiger partial charge in [0.25, 0.3) is 0 Å². The van der Waals surface area contributed by atoms with E-state index in [1.54, 1.807) is 0 Å². The Hall–Kier alpha value is -0.996. The summed E-state index contributed by atoms with van der Waals surface area (Å²) in [5, 5.41) is 0.366. The Labute approximate surface area is 211 Å². The monoisotopic (exact) mass is 510 g/mol. The van der Waals surface area contributed by atoms with Crippen LogP contribution in [0.3, 0.4) is 0 Å². The molecule has 1 aromatic carbocycles. The van der Waals surface area contributed by atoms with Gasteiger partial charge >= 0.3 is 5.97 Å². The van der Waals surface area contributed by atoms with Crippen LogP contribution in [0.5, 0.6) is 0 Å². The summed E-state index contributed by atoms with van der Waals surface area (Å²) in [5.41, 5.74) is 3.72. The number of aryl methyl sites for hydroxylation is 1. The highest BCUT2D eigenvalue weighted by Gasteiger charge is 2.38. The molecule has 34 heavy (non-hydrogen) atoms. The molecular formula is C27H50O5Si2. The summed E-state index contributed by atoms with van der Waals surface area (Å²) in [5.74, 6) is -0.271. The van der Waals surface area contributed by atoms with Gasteiger partial charge in [-0.05, 0) is 65.8 Å². The van der Waals surface area contributed by atoms with Crippen molar-refractivity contribution in [1.29, 1.82) is 0 Å². The Morgan fingerprint density at radius 2 is 1.18 bits per heavy atom. The fourth-order valence-corrected chi connectivity index (χ4v) is 4.76. The number of rotatable bonds is 13. The molecule has 1 rings (SSSR count). The maximum atomic E-state index is 10.8. The lowest BCUT2D eigenvalue weighted by Gasteiger charge is -2.36. The van der Waals surface area contributed by atoms with Crippen molar-refractivity contribution < 1.29 is 23.1 Å². The van der Waals surface area contributed by atoms with Crippen LogP contribution in [-0.4, -0.2) is 42.4 Å². The van der Waals surface area contributed by atoms with Crippen molar-refractivity contribution in [3.8, 4) is 0 Å². The lowest BCUT2D eigenvalue weighted by atomic mass is 10.0. The topological polar surface area (TPSA) is 54.0 Å². The van der Waals surface area contributed by atoms with Gasteiger partial charge in [-0.1, -0.05) is 59.7 Å². The molecule has 0 fully saturated rings. The second-order valence-corrected chi connectivity index (χ2v) is 21.9. The molecule has 0 aliphatic heterocycles. The average Bonchev–Trinajstić information content (AvgIpc) is 2.68. The Balaban J connectivity index is 2.87. The van der Waals surface area contributed by atoms with Crippen molar-refractivity contribution >= 4 is 22.6 Å². The molecule has 0 bridgehead atoms. The van der Waals surface area contributed by atoms with Crippen LogP contribution in [0, 0.1) is 0 Å². The van der Waals surface area contributed by atoms with Crippen LogP contribution in [0.2, 0.25) is 36.3 Å². The van der Waals surface area contributed by atoms with E-state index in [-0.39, 0.29) is 16.0 Å². The maximum absolute atomic E-state index is 10.8.